The number of hydrogen-bond donors (Lipinski definition) is 1. The van der Waals surface area contributed by atoms with Gasteiger partial charge in [-0.1, -0.05) is 0 Å². The van der Waals surface area contributed by atoms with Crippen molar-refractivity contribution >= 4 is 0 Å². The molecule has 3 heteroatoms. The van der Waals surface area contributed by atoms with Gasteiger partial charge in [0.15, 0.2) is 0 Å². The highest BCUT2D eigenvalue weighted by Crippen LogP contribution is 2.15. The van der Waals surface area contributed by atoms with Gasteiger partial charge in [0.2, 0.25) is 0 Å². The molecule has 0 radical (unpaired) electrons. The van der Waals surface area contributed by atoms with Crippen molar-refractivity contribution in [2.24, 2.45) is 0 Å². The minimum Gasteiger partial charge on any atom is -0.317 e. The number of piperidine rings is 1. The summed E-state index contributed by atoms with van der Waals surface area (Å²) in [5, 5.41) is 3.36. The van der Waals surface area contributed by atoms with Crippen LogP contribution in [0.4, 0.5) is 0 Å². The summed E-state index contributed by atoms with van der Waals surface area (Å²) < 4.78 is 0. The van der Waals surface area contributed by atoms with E-state index in [-0.39, 0.29) is 0 Å². The molecular formula is C13H21N3. The van der Waals surface area contributed by atoms with Gasteiger partial charge in [-0.05, 0) is 57.1 Å². The molecule has 0 saturated carbocycles. The molecule has 1 aromatic rings. The second kappa shape index (κ2) is 5.41. The van der Waals surface area contributed by atoms with Crippen LogP contribution < -0.4 is 5.32 Å². The van der Waals surface area contributed by atoms with Crippen molar-refractivity contribution in [2.45, 2.75) is 32.4 Å². The SMILES string of the molecule is CNC1CCN(Cc2ccncc2C)CC1. The number of nitrogens with zero attached hydrogens (tertiary/aromatic N) is 2. The molecule has 2 rings (SSSR count). The van der Waals surface area contributed by atoms with Crippen molar-refractivity contribution in [3.63, 3.8) is 0 Å². The van der Waals surface area contributed by atoms with E-state index in [1.54, 1.807) is 0 Å². The van der Waals surface area contributed by atoms with Crippen LogP contribution >= 0.6 is 0 Å². The van der Waals surface area contributed by atoms with E-state index >= 15 is 0 Å². The lowest BCUT2D eigenvalue weighted by Crippen LogP contribution is -2.40. The highest BCUT2D eigenvalue weighted by molar-refractivity contribution is 5.21. The van der Waals surface area contributed by atoms with Crippen molar-refractivity contribution in [3.8, 4) is 0 Å². The molecule has 0 bridgehead atoms. The third kappa shape index (κ3) is 2.80. The van der Waals surface area contributed by atoms with Gasteiger partial charge in [-0.2, -0.15) is 0 Å². The Morgan fingerprint density at radius 3 is 2.81 bits per heavy atom. The van der Waals surface area contributed by atoms with Gasteiger partial charge >= 0.3 is 0 Å². The Morgan fingerprint density at radius 1 is 1.44 bits per heavy atom. The molecular weight excluding hydrogens is 198 g/mol. The summed E-state index contributed by atoms with van der Waals surface area (Å²) in [6.45, 7) is 5.62. The standard InChI is InChI=1S/C13H21N3/c1-11-9-15-6-3-12(11)10-16-7-4-13(14-2)5-8-16/h3,6,9,13-14H,4-5,7-8,10H2,1-2H3. The van der Waals surface area contributed by atoms with Gasteiger partial charge in [-0.25, -0.2) is 0 Å². The zero-order valence-electron chi connectivity index (χ0n) is 10.2. The fourth-order valence-corrected chi connectivity index (χ4v) is 2.30. The molecule has 1 aromatic heterocycles. The average Bonchev–Trinajstić information content (AvgIpc) is 2.33. The molecule has 0 spiro atoms. The van der Waals surface area contributed by atoms with Crippen LogP contribution in [0.15, 0.2) is 18.5 Å². The Labute approximate surface area is 97.9 Å². The fraction of sp³-hybridized carbons (Fsp3) is 0.615. The summed E-state index contributed by atoms with van der Waals surface area (Å²) in [6, 6.07) is 2.86. The molecule has 3 nitrogen and oxygen atoms in total. The number of likely N-dealkylation sites (tertiary alicyclic amines) is 1. The minimum absolute atomic E-state index is 0.717. The first-order chi connectivity index (χ1) is 7.79. The fourth-order valence-electron chi connectivity index (χ4n) is 2.30. The maximum absolute atomic E-state index is 4.13. The Balaban J connectivity index is 1.89. The minimum atomic E-state index is 0.717. The first kappa shape index (κ1) is 11.6. The molecule has 1 fully saturated rings. The van der Waals surface area contributed by atoms with E-state index in [4.69, 9.17) is 0 Å². The maximum Gasteiger partial charge on any atom is 0.0300 e. The van der Waals surface area contributed by atoms with Gasteiger partial charge in [0, 0.05) is 25.0 Å². The van der Waals surface area contributed by atoms with E-state index in [1.165, 1.54) is 37.1 Å². The van der Waals surface area contributed by atoms with Crippen molar-refractivity contribution in [3.05, 3.63) is 29.6 Å². The quantitative estimate of drug-likeness (QED) is 0.836. The van der Waals surface area contributed by atoms with Gasteiger partial charge in [-0.3, -0.25) is 9.88 Å². The lowest BCUT2D eigenvalue weighted by Gasteiger charge is -2.32. The molecule has 1 saturated heterocycles. The lowest BCUT2D eigenvalue weighted by atomic mass is 10.0. The van der Waals surface area contributed by atoms with Gasteiger partial charge in [0.05, 0.1) is 0 Å². The van der Waals surface area contributed by atoms with Crippen molar-refractivity contribution in [2.75, 3.05) is 20.1 Å². The Bertz CT molecular complexity index is 330. The molecule has 1 N–H and O–H groups in total. The molecule has 88 valence electrons. The predicted octanol–water partition coefficient (Wildman–Crippen LogP) is 1.57. The highest BCUT2D eigenvalue weighted by Gasteiger charge is 2.17. The van der Waals surface area contributed by atoms with Gasteiger partial charge in [-0.15, -0.1) is 0 Å². The monoisotopic (exact) mass is 219 g/mol. The first-order valence-electron chi connectivity index (χ1n) is 6.08. The van der Waals surface area contributed by atoms with Crippen LogP contribution in [0.1, 0.15) is 24.0 Å². The number of nitrogens with one attached hydrogen (secondary N) is 1. The number of rotatable bonds is 3. The summed E-state index contributed by atoms with van der Waals surface area (Å²) in [4.78, 5) is 6.67. The van der Waals surface area contributed by atoms with E-state index < -0.39 is 0 Å². The molecule has 16 heavy (non-hydrogen) atoms. The van der Waals surface area contributed by atoms with E-state index in [1.807, 2.05) is 12.4 Å². The Morgan fingerprint density at radius 2 is 2.19 bits per heavy atom. The molecule has 0 aliphatic carbocycles. The summed E-state index contributed by atoms with van der Waals surface area (Å²) >= 11 is 0. The van der Waals surface area contributed by atoms with Crippen LogP contribution in [0.5, 0.6) is 0 Å². The number of aromatic nitrogens is 1. The summed E-state index contributed by atoms with van der Waals surface area (Å²) in [6.07, 6.45) is 6.37. The van der Waals surface area contributed by atoms with Gasteiger partial charge < -0.3 is 5.32 Å². The Hall–Kier alpha value is -0.930. The van der Waals surface area contributed by atoms with Crippen molar-refractivity contribution in [1.82, 2.24) is 15.2 Å². The van der Waals surface area contributed by atoms with E-state index in [2.05, 4.69) is 35.2 Å². The van der Waals surface area contributed by atoms with E-state index in [9.17, 15) is 0 Å². The lowest BCUT2D eigenvalue weighted by molar-refractivity contribution is 0.194. The molecule has 2 heterocycles. The van der Waals surface area contributed by atoms with E-state index in [0.29, 0.717) is 0 Å². The van der Waals surface area contributed by atoms with Crippen molar-refractivity contribution in [1.29, 1.82) is 0 Å². The number of pyridine rings is 1. The zero-order valence-corrected chi connectivity index (χ0v) is 10.2. The molecule has 0 aromatic carbocycles. The molecule has 0 atom stereocenters. The topological polar surface area (TPSA) is 28.2 Å². The molecule has 1 aliphatic rings. The second-order valence-electron chi connectivity index (χ2n) is 4.64. The normalized spacial score (nSPS) is 18.9. The van der Waals surface area contributed by atoms with Gasteiger partial charge in [0.1, 0.15) is 0 Å². The third-order valence-corrected chi connectivity index (χ3v) is 3.53. The summed E-state index contributed by atoms with van der Waals surface area (Å²) in [7, 11) is 2.06. The first-order valence-corrected chi connectivity index (χ1v) is 6.08. The van der Waals surface area contributed by atoms with Crippen molar-refractivity contribution < 1.29 is 0 Å². The van der Waals surface area contributed by atoms with Gasteiger partial charge in [0.25, 0.3) is 0 Å². The molecule has 0 amide bonds. The highest BCUT2D eigenvalue weighted by atomic mass is 15.1. The number of aryl methyl sites for hydroxylation is 1. The smallest absolute Gasteiger partial charge is 0.0300 e. The summed E-state index contributed by atoms with van der Waals surface area (Å²) in [5.74, 6) is 0. The largest absolute Gasteiger partial charge is 0.317 e. The zero-order chi connectivity index (χ0) is 11.4. The maximum atomic E-state index is 4.13. The predicted molar refractivity (Wildman–Crippen MR) is 66.3 cm³/mol. The van der Waals surface area contributed by atoms with Crippen LogP contribution in [-0.4, -0.2) is 36.1 Å². The third-order valence-electron chi connectivity index (χ3n) is 3.53. The van der Waals surface area contributed by atoms with Crippen LogP contribution in [0.2, 0.25) is 0 Å². The second-order valence-corrected chi connectivity index (χ2v) is 4.64. The van der Waals surface area contributed by atoms with Crippen LogP contribution in [-0.2, 0) is 6.54 Å². The van der Waals surface area contributed by atoms with E-state index in [0.717, 1.165) is 12.6 Å². The van der Waals surface area contributed by atoms with Crippen LogP contribution in [0, 0.1) is 6.92 Å². The average molecular weight is 219 g/mol. The van der Waals surface area contributed by atoms with Crippen LogP contribution in [0.3, 0.4) is 0 Å². The number of hydrogen-bond acceptors (Lipinski definition) is 3. The van der Waals surface area contributed by atoms with Crippen LogP contribution in [0.25, 0.3) is 0 Å². The Kier molecular flexibility index (Phi) is 3.91. The molecule has 1 aliphatic heterocycles. The summed E-state index contributed by atoms with van der Waals surface area (Å²) in [5.41, 5.74) is 2.72. The molecule has 0 unspecified atom stereocenters.